The molecule has 1 saturated heterocycles. The predicted molar refractivity (Wildman–Crippen MR) is 106 cm³/mol. The number of hydrogen-bond acceptors (Lipinski definition) is 4. The average molecular weight is 356 g/mol. The van der Waals surface area contributed by atoms with Gasteiger partial charge in [0.25, 0.3) is 0 Å². The molecule has 1 fully saturated rings. The molecule has 3 rings (SSSR count). The van der Waals surface area contributed by atoms with Crippen LogP contribution in [-0.4, -0.2) is 23.2 Å². The Balaban J connectivity index is 1.44. The number of rotatable bonds is 11. The quantitative estimate of drug-likeness (QED) is 0.541. The second-order valence-corrected chi connectivity index (χ2v) is 7.57. The molecule has 1 aromatic carbocycles. The van der Waals surface area contributed by atoms with Crippen LogP contribution < -0.4 is 5.32 Å². The van der Waals surface area contributed by atoms with E-state index in [1.807, 2.05) is 0 Å². The van der Waals surface area contributed by atoms with E-state index in [-0.39, 0.29) is 0 Å². The first-order valence-electron chi connectivity index (χ1n) is 10.5. The summed E-state index contributed by atoms with van der Waals surface area (Å²) in [5.41, 5.74) is 2.45. The minimum absolute atomic E-state index is 0.372. The molecule has 0 aliphatic carbocycles. The van der Waals surface area contributed by atoms with Gasteiger partial charge in [0.05, 0.1) is 5.92 Å². The van der Waals surface area contributed by atoms with Gasteiger partial charge in [0, 0.05) is 12.1 Å². The highest BCUT2D eigenvalue weighted by Crippen LogP contribution is 2.24. The molecule has 0 bridgehead atoms. The molecule has 1 atom stereocenters. The highest BCUT2D eigenvalue weighted by atomic mass is 16.5. The van der Waals surface area contributed by atoms with Gasteiger partial charge in [-0.05, 0) is 37.4 Å². The Hall–Kier alpha value is -1.68. The Morgan fingerprint density at radius 2 is 1.88 bits per heavy atom. The zero-order valence-electron chi connectivity index (χ0n) is 16.2. The van der Waals surface area contributed by atoms with Gasteiger partial charge in [-0.1, -0.05) is 75.2 Å². The molecular weight excluding hydrogens is 322 g/mol. The fourth-order valence-corrected chi connectivity index (χ4v) is 3.71. The van der Waals surface area contributed by atoms with Crippen LogP contribution in [0.25, 0.3) is 11.4 Å². The summed E-state index contributed by atoms with van der Waals surface area (Å²) in [7, 11) is 0. The SMILES string of the molecule is CCCCCCCCCCc1cccc(-c2noc(C3CCNC3)n2)c1. The van der Waals surface area contributed by atoms with Gasteiger partial charge >= 0.3 is 0 Å². The normalized spacial score (nSPS) is 17.0. The molecule has 2 heterocycles. The van der Waals surface area contributed by atoms with Crippen molar-refractivity contribution >= 4 is 0 Å². The summed E-state index contributed by atoms with van der Waals surface area (Å²) in [4.78, 5) is 4.63. The Bertz CT molecular complexity index is 646. The summed E-state index contributed by atoms with van der Waals surface area (Å²) in [5, 5.41) is 7.55. The van der Waals surface area contributed by atoms with E-state index in [0.29, 0.717) is 5.92 Å². The summed E-state index contributed by atoms with van der Waals surface area (Å²) in [6.07, 6.45) is 13.1. The van der Waals surface area contributed by atoms with E-state index in [9.17, 15) is 0 Å². The lowest BCUT2D eigenvalue weighted by atomic mass is 10.0. The monoisotopic (exact) mass is 355 g/mol. The molecule has 4 nitrogen and oxygen atoms in total. The van der Waals surface area contributed by atoms with Crippen LogP contribution in [0.3, 0.4) is 0 Å². The van der Waals surface area contributed by atoms with Crippen molar-refractivity contribution in [1.82, 2.24) is 15.5 Å². The van der Waals surface area contributed by atoms with Crippen LogP contribution in [0.5, 0.6) is 0 Å². The Morgan fingerprint density at radius 3 is 2.65 bits per heavy atom. The topological polar surface area (TPSA) is 51.0 Å². The molecule has 142 valence electrons. The summed E-state index contributed by atoms with van der Waals surface area (Å²) < 4.78 is 5.50. The minimum Gasteiger partial charge on any atom is -0.339 e. The van der Waals surface area contributed by atoms with E-state index in [1.54, 1.807) is 0 Å². The second-order valence-electron chi connectivity index (χ2n) is 7.57. The molecule has 1 N–H and O–H groups in total. The first-order valence-corrected chi connectivity index (χ1v) is 10.5. The number of nitrogens with one attached hydrogen (secondary N) is 1. The molecular formula is C22H33N3O. The standard InChI is InChI=1S/C22H33N3O/c1-2-3-4-5-6-7-8-9-11-18-12-10-13-19(16-18)21-24-22(26-25-21)20-14-15-23-17-20/h10,12-13,16,20,23H,2-9,11,14-15,17H2,1H3. The Kier molecular flexibility index (Phi) is 7.68. The van der Waals surface area contributed by atoms with Gasteiger partial charge in [0.1, 0.15) is 0 Å². The number of hydrogen-bond donors (Lipinski definition) is 1. The number of aromatic nitrogens is 2. The average Bonchev–Trinajstić information content (AvgIpc) is 3.36. The van der Waals surface area contributed by atoms with E-state index in [1.165, 1.54) is 56.9 Å². The van der Waals surface area contributed by atoms with Crippen LogP contribution in [0, 0.1) is 0 Å². The van der Waals surface area contributed by atoms with Crippen molar-refractivity contribution in [2.24, 2.45) is 0 Å². The van der Waals surface area contributed by atoms with E-state index in [2.05, 4.69) is 46.6 Å². The van der Waals surface area contributed by atoms with E-state index >= 15 is 0 Å². The molecule has 26 heavy (non-hydrogen) atoms. The van der Waals surface area contributed by atoms with Crippen LogP contribution in [0.4, 0.5) is 0 Å². The number of benzene rings is 1. The molecule has 1 unspecified atom stereocenters. The number of nitrogens with zero attached hydrogens (tertiary/aromatic N) is 2. The maximum atomic E-state index is 5.50. The maximum absolute atomic E-state index is 5.50. The van der Waals surface area contributed by atoms with Gasteiger partial charge in [-0.25, -0.2) is 0 Å². The summed E-state index contributed by atoms with van der Waals surface area (Å²) in [6.45, 7) is 4.26. The van der Waals surface area contributed by atoms with Crippen LogP contribution in [-0.2, 0) is 6.42 Å². The van der Waals surface area contributed by atoms with Gasteiger partial charge < -0.3 is 9.84 Å². The Morgan fingerprint density at radius 1 is 1.08 bits per heavy atom. The zero-order valence-corrected chi connectivity index (χ0v) is 16.2. The van der Waals surface area contributed by atoms with Gasteiger partial charge in [-0.3, -0.25) is 0 Å². The van der Waals surface area contributed by atoms with Crippen molar-refractivity contribution in [3.63, 3.8) is 0 Å². The van der Waals surface area contributed by atoms with Crippen LogP contribution in [0.2, 0.25) is 0 Å². The summed E-state index contributed by atoms with van der Waals surface area (Å²) in [6, 6.07) is 8.64. The fourth-order valence-electron chi connectivity index (χ4n) is 3.71. The van der Waals surface area contributed by atoms with Crippen LogP contribution in [0.15, 0.2) is 28.8 Å². The lowest BCUT2D eigenvalue weighted by Crippen LogP contribution is -2.08. The first-order chi connectivity index (χ1) is 12.9. The van der Waals surface area contributed by atoms with Crippen LogP contribution >= 0.6 is 0 Å². The molecule has 1 aliphatic heterocycles. The van der Waals surface area contributed by atoms with E-state index in [4.69, 9.17) is 4.52 Å². The van der Waals surface area contributed by atoms with E-state index < -0.39 is 0 Å². The summed E-state index contributed by atoms with van der Waals surface area (Å²) >= 11 is 0. The maximum Gasteiger partial charge on any atom is 0.231 e. The fraction of sp³-hybridized carbons (Fsp3) is 0.636. The van der Waals surface area contributed by atoms with Gasteiger partial charge in [0.2, 0.25) is 11.7 Å². The van der Waals surface area contributed by atoms with Crippen molar-refractivity contribution in [3.05, 3.63) is 35.7 Å². The third kappa shape index (κ3) is 5.66. The largest absolute Gasteiger partial charge is 0.339 e. The highest BCUT2D eigenvalue weighted by Gasteiger charge is 2.23. The van der Waals surface area contributed by atoms with Crippen LogP contribution in [0.1, 0.15) is 82.1 Å². The van der Waals surface area contributed by atoms with Gasteiger partial charge in [0.15, 0.2) is 0 Å². The second kappa shape index (κ2) is 10.5. The van der Waals surface area contributed by atoms with Crippen molar-refractivity contribution in [2.75, 3.05) is 13.1 Å². The van der Waals surface area contributed by atoms with Gasteiger partial charge in [-0.2, -0.15) is 4.98 Å². The zero-order chi connectivity index (χ0) is 18.0. The first kappa shape index (κ1) is 19.1. The van der Waals surface area contributed by atoms with Crippen molar-refractivity contribution in [1.29, 1.82) is 0 Å². The smallest absolute Gasteiger partial charge is 0.231 e. The molecule has 0 amide bonds. The summed E-state index contributed by atoms with van der Waals surface area (Å²) in [5.74, 6) is 1.87. The third-order valence-corrected chi connectivity index (χ3v) is 5.36. The van der Waals surface area contributed by atoms with Crippen molar-refractivity contribution in [2.45, 2.75) is 77.0 Å². The third-order valence-electron chi connectivity index (χ3n) is 5.36. The van der Waals surface area contributed by atoms with Crippen molar-refractivity contribution in [3.8, 4) is 11.4 Å². The molecule has 1 aromatic heterocycles. The van der Waals surface area contributed by atoms with Gasteiger partial charge in [-0.15, -0.1) is 0 Å². The molecule has 4 heteroatoms. The number of unbranched alkanes of at least 4 members (excludes halogenated alkanes) is 7. The lowest BCUT2D eigenvalue weighted by Gasteiger charge is -2.04. The molecule has 0 spiro atoms. The van der Waals surface area contributed by atoms with E-state index in [0.717, 1.165) is 43.2 Å². The highest BCUT2D eigenvalue weighted by molar-refractivity contribution is 5.55. The van der Waals surface area contributed by atoms with Crippen molar-refractivity contribution < 1.29 is 4.52 Å². The Labute approximate surface area is 157 Å². The number of aryl methyl sites for hydroxylation is 1. The molecule has 1 aliphatic rings. The molecule has 0 radical (unpaired) electrons. The predicted octanol–water partition coefficient (Wildman–Crippen LogP) is 5.50. The molecule has 0 saturated carbocycles. The molecule has 2 aromatic rings. The lowest BCUT2D eigenvalue weighted by molar-refractivity contribution is 0.359. The minimum atomic E-state index is 0.372.